The van der Waals surface area contributed by atoms with Crippen LogP contribution in [0.1, 0.15) is 43.4 Å². The summed E-state index contributed by atoms with van der Waals surface area (Å²) in [6, 6.07) is 27.1. The Labute approximate surface area is 274 Å². The number of carbonyl (C=O) groups is 3. The van der Waals surface area contributed by atoms with E-state index in [1.54, 1.807) is 19.4 Å². The fourth-order valence-corrected chi connectivity index (χ4v) is 5.39. The lowest BCUT2D eigenvalue weighted by Gasteiger charge is -2.28. The summed E-state index contributed by atoms with van der Waals surface area (Å²) in [5.41, 5.74) is 8.60. The minimum Gasteiger partial charge on any atom is -0.392 e. The summed E-state index contributed by atoms with van der Waals surface area (Å²) < 4.78 is 5.69. The lowest BCUT2D eigenvalue weighted by molar-refractivity contribution is -0.134. The van der Waals surface area contributed by atoms with Gasteiger partial charge >= 0.3 is 7.48 Å². The summed E-state index contributed by atoms with van der Waals surface area (Å²) in [7, 11) is 1.57. The van der Waals surface area contributed by atoms with Crippen LogP contribution in [0.4, 0.5) is 0 Å². The monoisotopic (exact) mass is 627 g/mol. The molecule has 4 atom stereocenters. The van der Waals surface area contributed by atoms with E-state index in [4.69, 9.17) is 10.5 Å². The fraction of sp³-hybridized carbons (Fsp3) is 0.417. The highest BCUT2D eigenvalue weighted by Crippen LogP contribution is 2.18. The molecule has 9 nitrogen and oxygen atoms in total. The Morgan fingerprint density at radius 1 is 0.783 bits per heavy atom. The Morgan fingerprint density at radius 3 is 1.83 bits per heavy atom. The van der Waals surface area contributed by atoms with Crippen LogP contribution >= 0.6 is 0 Å². The summed E-state index contributed by atoms with van der Waals surface area (Å²) in [4.78, 5) is 39.7. The van der Waals surface area contributed by atoms with E-state index in [1.807, 2.05) is 105 Å². The zero-order chi connectivity index (χ0) is 33.3. The molecule has 3 rings (SSSR count). The Hall–Kier alpha value is -3.99. The molecule has 4 unspecified atom stereocenters. The molecule has 5 N–H and O–H groups in total. The largest absolute Gasteiger partial charge is 0.392 e. The quantitative estimate of drug-likeness (QED) is 0.112. The van der Waals surface area contributed by atoms with E-state index >= 15 is 0 Å². The topological polar surface area (TPSA) is 134 Å². The van der Waals surface area contributed by atoms with Crippen LogP contribution in [-0.4, -0.2) is 66.7 Å². The van der Waals surface area contributed by atoms with Gasteiger partial charge in [-0.2, -0.15) is 0 Å². The maximum absolute atomic E-state index is 13.9. The molecule has 245 valence electrons. The van der Waals surface area contributed by atoms with Crippen LogP contribution < -0.4 is 16.4 Å². The first-order valence-corrected chi connectivity index (χ1v) is 16.0. The van der Waals surface area contributed by atoms with Crippen molar-refractivity contribution in [1.29, 1.82) is 0 Å². The van der Waals surface area contributed by atoms with Crippen molar-refractivity contribution in [2.24, 2.45) is 17.6 Å². The lowest BCUT2D eigenvalue weighted by Crippen LogP contribution is -2.55. The molecule has 3 aromatic rings. The Bertz CT molecular complexity index is 1330. The summed E-state index contributed by atoms with van der Waals surface area (Å²) in [6.45, 7) is 6.45. The molecule has 0 aliphatic carbocycles. The van der Waals surface area contributed by atoms with Crippen LogP contribution in [-0.2, 0) is 38.4 Å². The van der Waals surface area contributed by atoms with Gasteiger partial charge in [-0.3, -0.25) is 14.4 Å². The smallest absolute Gasteiger partial charge is 0.321 e. The van der Waals surface area contributed by atoms with Gasteiger partial charge in [0.2, 0.25) is 17.7 Å². The number of amides is 3. The second kappa shape index (κ2) is 19.5. The first-order chi connectivity index (χ1) is 22.1. The van der Waals surface area contributed by atoms with Gasteiger partial charge < -0.3 is 26.2 Å². The number of primary amides is 1. The first kappa shape index (κ1) is 36.5. The van der Waals surface area contributed by atoms with E-state index in [2.05, 4.69) is 10.6 Å². The van der Waals surface area contributed by atoms with Crippen molar-refractivity contribution in [2.75, 3.05) is 13.1 Å². The first-order valence-electron chi connectivity index (χ1n) is 16.0. The third kappa shape index (κ3) is 13.2. The number of rotatable bonds is 20. The number of hydroxylamine groups is 2. The molecule has 0 aliphatic rings. The van der Waals surface area contributed by atoms with E-state index in [-0.39, 0.29) is 31.2 Å². The Kier molecular flexibility index (Phi) is 15.5. The normalized spacial score (nSPS) is 13.9. The molecule has 0 bridgehead atoms. The third-order valence-electron chi connectivity index (χ3n) is 7.70. The average molecular weight is 628 g/mol. The Balaban J connectivity index is 1.72. The molecule has 0 fully saturated rings. The van der Waals surface area contributed by atoms with Crippen LogP contribution in [0.25, 0.3) is 0 Å². The standard InChI is InChI=1S/C36H48BN4O5/c1-26(2)21-33(36(45)39-32(34(38)43)23-29-17-11-6-12-18-29)40-35(44)30(22-28-15-9-5-10-16-28)24-31(42)25-41(46-37-3)20-19-27-13-7-4-8-14-27/h4-18,26,30-33,42H,19-25H2,1-3H3,(H2,38,43)(H,39,45)(H,40,44). The number of aliphatic hydroxyl groups excluding tert-OH is 1. The number of carbonyl (C=O) groups excluding carboxylic acids is 3. The maximum atomic E-state index is 13.9. The van der Waals surface area contributed by atoms with Gasteiger partial charge in [0.1, 0.15) is 12.1 Å². The molecular weight excluding hydrogens is 579 g/mol. The molecule has 10 heteroatoms. The van der Waals surface area contributed by atoms with Gasteiger partial charge in [0.25, 0.3) is 0 Å². The van der Waals surface area contributed by atoms with Crippen molar-refractivity contribution in [3.8, 4) is 0 Å². The number of hydrogen-bond acceptors (Lipinski definition) is 6. The highest BCUT2D eigenvalue weighted by Gasteiger charge is 2.30. The van der Waals surface area contributed by atoms with Gasteiger partial charge in [-0.05, 0) is 48.3 Å². The molecule has 3 amide bonds. The second-order valence-electron chi connectivity index (χ2n) is 12.1. The van der Waals surface area contributed by atoms with E-state index in [1.165, 1.54) is 0 Å². The Morgan fingerprint density at radius 2 is 1.30 bits per heavy atom. The van der Waals surface area contributed by atoms with E-state index in [0.29, 0.717) is 19.4 Å². The SMILES string of the molecule is C[B]ON(CCc1ccccc1)CC(O)CC(Cc1ccccc1)C(=O)NC(CC(C)C)C(=O)NC(Cc1ccccc1)C(N)=O. The number of nitrogens with one attached hydrogen (secondary N) is 2. The van der Waals surface area contributed by atoms with Crippen molar-refractivity contribution >= 4 is 25.2 Å². The van der Waals surface area contributed by atoms with Crippen LogP contribution in [0.2, 0.25) is 6.82 Å². The van der Waals surface area contributed by atoms with Crippen molar-refractivity contribution < 1.29 is 24.2 Å². The lowest BCUT2D eigenvalue weighted by atomic mass is 9.91. The van der Waals surface area contributed by atoms with E-state index in [0.717, 1.165) is 23.1 Å². The zero-order valence-electron chi connectivity index (χ0n) is 27.2. The van der Waals surface area contributed by atoms with E-state index in [9.17, 15) is 19.5 Å². The fourth-order valence-electron chi connectivity index (χ4n) is 5.39. The van der Waals surface area contributed by atoms with Crippen LogP contribution in [0, 0.1) is 11.8 Å². The third-order valence-corrected chi connectivity index (χ3v) is 7.70. The summed E-state index contributed by atoms with van der Waals surface area (Å²) in [5.74, 6) is -2.02. The highest BCUT2D eigenvalue weighted by molar-refractivity contribution is 6.24. The molecule has 0 saturated carbocycles. The molecule has 0 saturated heterocycles. The summed E-state index contributed by atoms with van der Waals surface area (Å²) in [6.07, 6.45) is 0.995. The molecule has 0 heterocycles. The predicted octanol–water partition coefficient (Wildman–Crippen LogP) is 3.48. The molecule has 46 heavy (non-hydrogen) atoms. The average Bonchev–Trinajstić information content (AvgIpc) is 3.04. The number of nitrogens with zero attached hydrogens (tertiary/aromatic N) is 1. The molecular formula is C36H48BN4O5. The highest BCUT2D eigenvalue weighted by atomic mass is 16.6. The number of aliphatic hydroxyl groups is 1. The van der Waals surface area contributed by atoms with Gasteiger partial charge in [-0.15, -0.1) is 0 Å². The van der Waals surface area contributed by atoms with Gasteiger partial charge in [0, 0.05) is 25.4 Å². The summed E-state index contributed by atoms with van der Waals surface area (Å²) >= 11 is 0. The predicted molar refractivity (Wildman–Crippen MR) is 181 cm³/mol. The van der Waals surface area contributed by atoms with Crippen molar-refractivity contribution in [3.05, 3.63) is 108 Å². The van der Waals surface area contributed by atoms with Gasteiger partial charge in [0.15, 0.2) is 0 Å². The van der Waals surface area contributed by atoms with E-state index < -0.39 is 35.9 Å². The number of nitrogens with two attached hydrogens (primary N) is 1. The van der Waals surface area contributed by atoms with Crippen molar-refractivity contribution in [1.82, 2.24) is 15.7 Å². The molecule has 0 aromatic heterocycles. The molecule has 3 aromatic carbocycles. The van der Waals surface area contributed by atoms with Crippen LogP contribution in [0.3, 0.4) is 0 Å². The van der Waals surface area contributed by atoms with Gasteiger partial charge in [0.05, 0.1) is 6.10 Å². The van der Waals surface area contributed by atoms with Crippen molar-refractivity contribution in [2.45, 2.75) is 71.0 Å². The van der Waals surface area contributed by atoms with Crippen LogP contribution in [0.5, 0.6) is 0 Å². The number of hydrogen-bond donors (Lipinski definition) is 4. The van der Waals surface area contributed by atoms with Gasteiger partial charge in [-0.1, -0.05) is 112 Å². The van der Waals surface area contributed by atoms with Crippen molar-refractivity contribution in [3.63, 3.8) is 0 Å². The van der Waals surface area contributed by atoms with Gasteiger partial charge in [-0.25, -0.2) is 5.06 Å². The zero-order valence-corrected chi connectivity index (χ0v) is 27.2. The summed E-state index contributed by atoms with van der Waals surface area (Å²) in [5, 5.41) is 18.6. The second-order valence-corrected chi connectivity index (χ2v) is 12.1. The van der Waals surface area contributed by atoms with Crippen LogP contribution in [0.15, 0.2) is 91.0 Å². The molecule has 0 aliphatic heterocycles. The number of benzene rings is 3. The minimum atomic E-state index is -0.930. The maximum Gasteiger partial charge on any atom is 0.321 e. The molecule has 1 radical (unpaired) electrons. The minimum absolute atomic E-state index is 0.0796. The molecule has 0 spiro atoms.